The number of aromatic nitrogens is 1. The Morgan fingerprint density at radius 2 is 1.70 bits per heavy atom. The van der Waals surface area contributed by atoms with E-state index in [1.807, 2.05) is 37.3 Å². The topological polar surface area (TPSA) is 124 Å². The molecule has 0 aliphatic carbocycles. The van der Waals surface area contributed by atoms with Gasteiger partial charge < -0.3 is 28.4 Å². The number of carbonyl (C=O) groups excluding carboxylic acids is 2. The molecule has 0 amide bonds. The quantitative estimate of drug-likeness (QED) is 0.153. The number of hydrogen-bond donors (Lipinski definition) is 0. The Labute approximate surface area is 309 Å². The molecule has 1 atom stereocenters. The van der Waals surface area contributed by atoms with Crippen LogP contribution in [0.3, 0.4) is 0 Å². The number of esters is 2. The second kappa shape index (κ2) is 16.5. The highest BCUT2D eigenvalue weighted by Gasteiger charge is 2.34. The maximum atomic E-state index is 14.2. The van der Waals surface area contributed by atoms with Gasteiger partial charge in [0.2, 0.25) is 0 Å². The van der Waals surface area contributed by atoms with Gasteiger partial charge in [-0.25, -0.2) is 14.6 Å². The predicted molar refractivity (Wildman–Crippen MR) is 195 cm³/mol. The van der Waals surface area contributed by atoms with Gasteiger partial charge in [0.25, 0.3) is 5.56 Å². The van der Waals surface area contributed by atoms with Gasteiger partial charge in [0, 0.05) is 4.47 Å². The Balaban J connectivity index is 1.58. The van der Waals surface area contributed by atoms with Crippen LogP contribution >= 0.6 is 43.2 Å². The summed E-state index contributed by atoms with van der Waals surface area (Å²) in [5, 5.41) is 0. The van der Waals surface area contributed by atoms with Gasteiger partial charge in [-0.1, -0.05) is 45.5 Å². The van der Waals surface area contributed by atoms with E-state index in [1.54, 1.807) is 51.3 Å². The van der Waals surface area contributed by atoms with Crippen molar-refractivity contribution >= 4 is 61.2 Å². The van der Waals surface area contributed by atoms with E-state index in [4.69, 9.17) is 23.7 Å². The van der Waals surface area contributed by atoms with E-state index < -0.39 is 18.0 Å². The lowest BCUT2D eigenvalue weighted by Gasteiger charge is -2.25. The molecule has 0 bridgehead atoms. The Kier molecular flexibility index (Phi) is 12.2. The van der Waals surface area contributed by atoms with Crippen LogP contribution in [-0.2, 0) is 25.7 Å². The van der Waals surface area contributed by atoms with Crippen molar-refractivity contribution in [2.24, 2.45) is 4.99 Å². The second-order valence-corrected chi connectivity index (χ2v) is 13.5. The van der Waals surface area contributed by atoms with Gasteiger partial charge in [0.1, 0.15) is 6.61 Å². The first kappa shape index (κ1) is 36.9. The summed E-state index contributed by atoms with van der Waals surface area (Å²) in [6.45, 7) is 5.67. The van der Waals surface area contributed by atoms with Crippen molar-refractivity contribution in [1.29, 1.82) is 0 Å². The second-order valence-electron chi connectivity index (χ2n) is 10.8. The third kappa shape index (κ3) is 8.14. The highest BCUT2D eigenvalue weighted by Crippen LogP contribution is 2.38. The van der Waals surface area contributed by atoms with Gasteiger partial charge in [0.15, 0.2) is 34.4 Å². The summed E-state index contributed by atoms with van der Waals surface area (Å²) in [5.41, 5.74) is 2.49. The molecule has 0 radical (unpaired) electrons. The first-order valence-corrected chi connectivity index (χ1v) is 17.9. The molecule has 0 spiro atoms. The van der Waals surface area contributed by atoms with Crippen LogP contribution in [0, 0.1) is 0 Å². The SMILES string of the molecule is CCOC(=O)C1=C(C)N=c2s/c(=C\c3cc(Br)c(OCc4ccc(Br)cc4)c(OC)c3)c(=O)n2[C@@H]1c1ccc(OCC(=O)OC)c(OCC)c1. The number of ether oxygens (including phenoxy) is 6. The van der Waals surface area contributed by atoms with Crippen molar-refractivity contribution in [3.8, 4) is 23.0 Å². The molecule has 0 fully saturated rings. The predicted octanol–water partition coefficient (Wildman–Crippen LogP) is 5.86. The van der Waals surface area contributed by atoms with E-state index in [0.717, 1.165) is 10.0 Å². The van der Waals surface area contributed by atoms with Crippen molar-refractivity contribution in [2.75, 3.05) is 34.0 Å². The summed E-state index contributed by atoms with van der Waals surface area (Å²) in [6, 6.07) is 15.6. The fraction of sp³-hybridized carbons (Fsp3) is 0.278. The lowest BCUT2D eigenvalue weighted by molar-refractivity contribution is -0.143. The van der Waals surface area contributed by atoms with E-state index in [2.05, 4.69) is 41.6 Å². The Hall–Kier alpha value is -4.40. The maximum Gasteiger partial charge on any atom is 0.343 e. The van der Waals surface area contributed by atoms with E-state index >= 15 is 0 Å². The number of fused-ring (bicyclic) bond motifs is 1. The average molecular weight is 831 g/mol. The molecule has 1 aromatic heterocycles. The van der Waals surface area contributed by atoms with Crippen LogP contribution in [0.25, 0.3) is 6.08 Å². The van der Waals surface area contributed by atoms with Crippen molar-refractivity contribution < 1.29 is 38.0 Å². The smallest absolute Gasteiger partial charge is 0.343 e. The van der Waals surface area contributed by atoms with E-state index in [1.165, 1.54) is 23.0 Å². The monoisotopic (exact) mass is 828 g/mol. The summed E-state index contributed by atoms with van der Waals surface area (Å²) in [4.78, 5) is 44.4. The number of benzene rings is 3. The summed E-state index contributed by atoms with van der Waals surface area (Å²) in [6.07, 6.45) is 1.74. The van der Waals surface area contributed by atoms with Gasteiger partial charge in [-0.3, -0.25) is 9.36 Å². The molecule has 0 N–H and O–H groups in total. The zero-order chi connectivity index (χ0) is 35.9. The Morgan fingerprint density at radius 3 is 2.38 bits per heavy atom. The first-order valence-electron chi connectivity index (χ1n) is 15.5. The third-order valence-corrected chi connectivity index (χ3v) is 9.62. The largest absolute Gasteiger partial charge is 0.493 e. The molecule has 0 saturated heterocycles. The molecular formula is C36H34Br2N2O9S. The van der Waals surface area contributed by atoms with Crippen LogP contribution in [0.1, 0.15) is 43.5 Å². The minimum atomic E-state index is -0.892. The number of nitrogens with zero attached hydrogens (tertiary/aromatic N) is 2. The molecule has 2 heterocycles. The molecule has 4 aromatic rings. The number of rotatable bonds is 13. The number of allylic oxidation sites excluding steroid dienone is 1. The minimum absolute atomic E-state index is 0.136. The van der Waals surface area contributed by atoms with Crippen LogP contribution in [0.15, 0.2) is 84.6 Å². The number of thiazole rings is 1. The van der Waals surface area contributed by atoms with E-state index in [-0.39, 0.29) is 24.3 Å². The van der Waals surface area contributed by atoms with Gasteiger partial charge in [-0.2, -0.15) is 0 Å². The lowest BCUT2D eigenvalue weighted by Crippen LogP contribution is -2.40. The molecule has 14 heteroatoms. The zero-order valence-corrected chi connectivity index (χ0v) is 31.9. The standard InChI is InChI=1S/C36H34Br2N2O9S/c1-6-46-27-17-23(10-13-26(27)48-19-30(41)45-5)32-31(35(43)47-7-2)20(3)39-36-40(32)34(42)29(50-36)16-22-14-25(38)33(28(15-22)44-4)49-18-21-8-11-24(37)12-9-21/h8-17,32H,6-7,18-19H2,1-5H3/b29-16-/t32-/m1/s1. The van der Waals surface area contributed by atoms with Crippen molar-refractivity contribution in [2.45, 2.75) is 33.4 Å². The summed E-state index contributed by atoms with van der Waals surface area (Å²) >= 11 is 8.25. The van der Waals surface area contributed by atoms with Crippen LogP contribution in [0.4, 0.5) is 0 Å². The third-order valence-electron chi connectivity index (χ3n) is 7.52. The fourth-order valence-electron chi connectivity index (χ4n) is 5.24. The van der Waals surface area contributed by atoms with Crippen molar-refractivity contribution in [1.82, 2.24) is 4.57 Å². The lowest BCUT2D eigenvalue weighted by atomic mass is 9.95. The summed E-state index contributed by atoms with van der Waals surface area (Å²) in [5.74, 6) is 0.479. The fourth-order valence-corrected chi connectivity index (χ4v) is 7.12. The van der Waals surface area contributed by atoms with E-state index in [9.17, 15) is 14.4 Å². The molecule has 0 saturated carbocycles. The maximum absolute atomic E-state index is 14.2. The van der Waals surface area contributed by atoms with Crippen LogP contribution in [0.2, 0.25) is 0 Å². The highest BCUT2D eigenvalue weighted by molar-refractivity contribution is 9.10. The number of carbonyl (C=O) groups is 2. The van der Waals surface area contributed by atoms with Crippen molar-refractivity contribution in [3.05, 3.63) is 111 Å². The van der Waals surface area contributed by atoms with Crippen LogP contribution in [-0.4, -0.2) is 50.5 Å². The first-order chi connectivity index (χ1) is 24.1. The number of methoxy groups -OCH3 is 2. The molecule has 5 rings (SSSR count). The molecule has 11 nitrogen and oxygen atoms in total. The van der Waals surface area contributed by atoms with Crippen LogP contribution < -0.4 is 33.8 Å². The van der Waals surface area contributed by atoms with Crippen LogP contribution in [0.5, 0.6) is 23.0 Å². The molecule has 262 valence electrons. The normalized spacial score (nSPS) is 14.1. The molecule has 0 unspecified atom stereocenters. The molecule has 3 aromatic carbocycles. The van der Waals surface area contributed by atoms with E-state index in [0.29, 0.717) is 66.8 Å². The number of halogens is 2. The van der Waals surface area contributed by atoms with Crippen molar-refractivity contribution in [3.63, 3.8) is 0 Å². The molecule has 1 aliphatic rings. The summed E-state index contributed by atoms with van der Waals surface area (Å²) in [7, 11) is 2.82. The van der Waals surface area contributed by atoms with Gasteiger partial charge in [-0.15, -0.1) is 0 Å². The number of hydrogen-bond acceptors (Lipinski definition) is 11. The molecule has 1 aliphatic heterocycles. The summed E-state index contributed by atoms with van der Waals surface area (Å²) < 4.78 is 36.9. The van der Waals surface area contributed by atoms with Gasteiger partial charge in [-0.05, 0) is 95.9 Å². The minimum Gasteiger partial charge on any atom is -0.493 e. The Morgan fingerprint density at radius 1 is 0.940 bits per heavy atom. The van der Waals surface area contributed by atoms with Gasteiger partial charge in [0.05, 0.1) is 53.8 Å². The molecule has 50 heavy (non-hydrogen) atoms. The van der Waals surface area contributed by atoms with Gasteiger partial charge >= 0.3 is 11.9 Å². The Bertz CT molecular complexity index is 2120. The zero-order valence-electron chi connectivity index (χ0n) is 27.9. The molecular weight excluding hydrogens is 796 g/mol. The average Bonchev–Trinajstić information content (AvgIpc) is 3.40. The highest BCUT2D eigenvalue weighted by atomic mass is 79.9.